The molecule has 18 heavy (non-hydrogen) atoms. The van der Waals surface area contributed by atoms with Crippen LogP contribution in [-0.4, -0.2) is 34.0 Å². The summed E-state index contributed by atoms with van der Waals surface area (Å²) in [4.78, 5) is 11.0. The minimum absolute atomic E-state index is 0.149. The molecule has 1 aliphatic rings. The Balaban J connectivity index is 2.06. The first kappa shape index (κ1) is 13.4. The highest BCUT2D eigenvalue weighted by atomic mass is 15.2. The molecule has 4 heteroatoms. The number of aromatic nitrogens is 2. The second-order valence-corrected chi connectivity index (χ2v) is 5.36. The monoisotopic (exact) mass is 248 g/mol. The Morgan fingerprint density at radius 1 is 1.17 bits per heavy atom. The molecule has 1 fully saturated rings. The minimum Gasteiger partial charge on any atom is -0.329 e. The van der Waals surface area contributed by atoms with Crippen LogP contribution in [0.2, 0.25) is 0 Å². The van der Waals surface area contributed by atoms with E-state index >= 15 is 0 Å². The van der Waals surface area contributed by atoms with Gasteiger partial charge in [-0.1, -0.05) is 25.7 Å². The Kier molecular flexibility index (Phi) is 4.66. The summed E-state index contributed by atoms with van der Waals surface area (Å²) in [5.41, 5.74) is 6.23. The third-order valence-electron chi connectivity index (χ3n) is 4.22. The first-order chi connectivity index (χ1) is 8.77. The van der Waals surface area contributed by atoms with Gasteiger partial charge in [-0.15, -0.1) is 0 Å². The van der Waals surface area contributed by atoms with Gasteiger partial charge in [-0.25, -0.2) is 9.97 Å². The van der Waals surface area contributed by atoms with E-state index in [-0.39, 0.29) is 5.54 Å². The normalized spacial score (nSPS) is 19.7. The van der Waals surface area contributed by atoms with Crippen LogP contribution in [0.3, 0.4) is 0 Å². The summed E-state index contributed by atoms with van der Waals surface area (Å²) in [5, 5.41) is 0. The maximum Gasteiger partial charge on any atom is 0.142 e. The van der Waals surface area contributed by atoms with Crippen molar-refractivity contribution in [1.29, 1.82) is 0 Å². The average molecular weight is 248 g/mol. The second-order valence-electron chi connectivity index (χ2n) is 5.36. The molecule has 4 nitrogen and oxygen atoms in total. The van der Waals surface area contributed by atoms with Crippen molar-refractivity contribution in [2.75, 3.05) is 13.6 Å². The Morgan fingerprint density at radius 3 is 2.33 bits per heavy atom. The molecule has 100 valence electrons. The van der Waals surface area contributed by atoms with Crippen molar-refractivity contribution in [3.63, 3.8) is 0 Å². The quantitative estimate of drug-likeness (QED) is 0.828. The van der Waals surface area contributed by atoms with Gasteiger partial charge in [0.05, 0.1) is 6.54 Å². The molecule has 0 unspecified atom stereocenters. The van der Waals surface area contributed by atoms with Gasteiger partial charge < -0.3 is 5.73 Å². The van der Waals surface area contributed by atoms with Crippen molar-refractivity contribution in [3.8, 4) is 0 Å². The van der Waals surface area contributed by atoms with E-state index < -0.39 is 0 Å². The summed E-state index contributed by atoms with van der Waals surface area (Å²) in [6, 6.07) is 1.86. The zero-order valence-electron chi connectivity index (χ0n) is 11.3. The van der Waals surface area contributed by atoms with Crippen LogP contribution in [0.1, 0.15) is 44.3 Å². The predicted octanol–water partition coefficient (Wildman–Crippen LogP) is 1.96. The standard InChI is InChI=1S/C14H24N4/c1-18(11-13-16-9-6-10-17-13)14(12-15)7-4-2-3-5-8-14/h6,9-10H,2-5,7-8,11-12,15H2,1H3. The minimum atomic E-state index is 0.149. The first-order valence-corrected chi connectivity index (χ1v) is 6.94. The van der Waals surface area contributed by atoms with Crippen molar-refractivity contribution < 1.29 is 0 Å². The van der Waals surface area contributed by atoms with Crippen molar-refractivity contribution in [3.05, 3.63) is 24.3 Å². The summed E-state index contributed by atoms with van der Waals surface area (Å²) in [5.74, 6) is 0.886. The Morgan fingerprint density at radius 2 is 1.78 bits per heavy atom. The molecular formula is C14H24N4. The van der Waals surface area contributed by atoms with Crippen molar-refractivity contribution in [2.45, 2.75) is 50.6 Å². The van der Waals surface area contributed by atoms with Crippen molar-refractivity contribution in [1.82, 2.24) is 14.9 Å². The number of nitrogens with two attached hydrogens (primary N) is 1. The van der Waals surface area contributed by atoms with Crippen LogP contribution in [0.25, 0.3) is 0 Å². The molecule has 1 aromatic heterocycles. The highest BCUT2D eigenvalue weighted by Crippen LogP contribution is 2.31. The van der Waals surface area contributed by atoms with Gasteiger partial charge in [0.15, 0.2) is 0 Å². The number of hydrogen-bond acceptors (Lipinski definition) is 4. The van der Waals surface area contributed by atoms with Gasteiger partial charge in [0, 0.05) is 24.5 Å². The fourth-order valence-electron chi connectivity index (χ4n) is 2.92. The average Bonchev–Trinajstić information content (AvgIpc) is 2.66. The fourth-order valence-corrected chi connectivity index (χ4v) is 2.92. The lowest BCUT2D eigenvalue weighted by molar-refractivity contribution is 0.0969. The molecule has 1 aromatic rings. The molecule has 1 heterocycles. The van der Waals surface area contributed by atoms with E-state index in [2.05, 4.69) is 21.9 Å². The number of hydrogen-bond donors (Lipinski definition) is 1. The van der Waals surface area contributed by atoms with Gasteiger partial charge in [0.1, 0.15) is 5.82 Å². The summed E-state index contributed by atoms with van der Waals surface area (Å²) in [6.07, 6.45) is 11.3. The Bertz CT molecular complexity index is 344. The van der Waals surface area contributed by atoms with Crippen LogP contribution in [0.5, 0.6) is 0 Å². The molecule has 2 rings (SSSR count). The summed E-state index contributed by atoms with van der Waals surface area (Å²) in [6.45, 7) is 1.52. The van der Waals surface area contributed by atoms with Crippen molar-refractivity contribution in [2.24, 2.45) is 5.73 Å². The Labute approximate surface area is 110 Å². The van der Waals surface area contributed by atoms with E-state index in [1.807, 2.05) is 6.07 Å². The number of nitrogens with zero attached hydrogens (tertiary/aromatic N) is 3. The largest absolute Gasteiger partial charge is 0.329 e. The molecule has 0 saturated heterocycles. The van der Waals surface area contributed by atoms with Crippen molar-refractivity contribution >= 4 is 0 Å². The van der Waals surface area contributed by atoms with Gasteiger partial charge in [-0.2, -0.15) is 0 Å². The molecule has 2 N–H and O–H groups in total. The number of rotatable bonds is 4. The zero-order chi connectivity index (χ0) is 12.8. The number of likely N-dealkylation sites (N-methyl/N-ethyl adjacent to an activating group) is 1. The van der Waals surface area contributed by atoms with Gasteiger partial charge in [-0.3, -0.25) is 4.90 Å². The molecule has 0 aliphatic heterocycles. The van der Waals surface area contributed by atoms with Crippen LogP contribution in [0.15, 0.2) is 18.5 Å². The maximum absolute atomic E-state index is 6.08. The van der Waals surface area contributed by atoms with Gasteiger partial charge in [-0.05, 0) is 26.0 Å². The van der Waals surface area contributed by atoms with Gasteiger partial charge in [0.25, 0.3) is 0 Å². The van der Waals surface area contributed by atoms with Crippen LogP contribution < -0.4 is 5.73 Å². The van der Waals surface area contributed by atoms with E-state index in [9.17, 15) is 0 Å². The molecule has 0 atom stereocenters. The van der Waals surface area contributed by atoms with Gasteiger partial charge in [0.2, 0.25) is 0 Å². The second kappa shape index (κ2) is 6.25. The lowest BCUT2D eigenvalue weighted by Crippen LogP contribution is -2.51. The van der Waals surface area contributed by atoms with Crippen LogP contribution in [0.4, 0.5) is 0 Å². The highest BCUT2D eigenvalue weighted by Gasteiger charge is 2.33. The van der Waals surface area contributed by atoms with Crippen LogP contribution >= 0.6 is 0 Å². The van der Waals surface area contributed by atoms with Gasteiger partial charge >= 0.3 is 0 Å². The van der Waals surface area contributed by atoms with E-state index in [4.69, 9.17) is 5.73 Å². The first-order valence-electron chi connectivity index (χ1n) is 6.94. The topological polar surface area (TPSA) is 55.0 Å². The third kappa shape index (κ3) is 3.06. The predicted molar refractivity (Wildman–Crippen MR) is 73.0 cm³/mol. The van der Waals surface area contributed by atoms with E-state index in [0.29, 0.717) is 0 Å². The Hall–Kier alpha value is -1.00. The third-order valence-corrected chi connectivity index (χ3v) is 4.22. The molecule has 1 aliphatic carbocycles. The summed E-state index contributed by atoms with van der Waals surface area (Å²) in [7, 11) is 2.16. The molecule has 1 saturated carbocycles. The lowest BCUT2D eigenvalue weighted by atomic mass is 9.88. The lowest BCUT2D eigenvalue weighted by Gasteiger charge is -2.40. The molecule has 0 spiro atoms. The molecule has 0 bridgehead atoms. The van der Waals surface area contributed by atoms with Crippen LogP contribution in [-0.2, 0) is 6.54 Å². The molecule has 0 radical (unpaired) electrons. The fraction of sp³-hybridized carbons (Fsp3) is 0.714. The van der Waals surface area contributed by atoms with E-state index in [0.717, 1.165) is 18.9 Å². The highest BCUT2D eigenvalue weighted by molar-refractivity contribution is 4.95. The summed E-state index contributed by atoms with van der Waals surface area (Å²) >= 11 is 0. The summed E-state index contributed by atoms with van der Waals surface area (Å²) < 4.78 is 0. The SMILES string of the molecule is CN(Cc1ncccn1)C1(CN)CCCCCC1. The molecule has 0 aromatic carbocycles. The van der Waals surface area contributed by atoms with E-state index in [1.165, 1.54) is 38.5 Å². The molecule has 0 amide bonds. The van der Waals surface area contributed by atoms with Crippen LogP contribution in [0, 0.1) is 0 Å². The smallest absolute Gasteiger partial charge is 0.142 e. The zero-order valence-corrected chi connectivity index (χ0v) is 11.3. The molecular weight excluding hydrogens is 224 g/mol. The van der Waals surface area contributed by atoms with E-state index in [1.54, 1.807) is 12.4 Å². The maximum atomic E-state index is 6.08.